The fourth-order valence-corrected chi connectivity index (χ4v) is 3.84. The Balaban J connectivity index is 2.46. The van der Waals surface area contributed by atoms with Gasteiger partial charge in [-0.2, -0.15) is 0 Å². The Morgan fingerprint density at radius 1 is 1.40 bits per heavy atom. The normalized spacial score (nSPS) is 11.3. The molecule has 20 heavy (non-hydrogen) atoms. The van der Waals surface area contributed by atoms with E-state index in [-0.39, 0.29) is 21.4 Å². The van der Waals surface area contributed by atoms with Crippen LogP contribution >= 0.6 is 27.5 Å². The van der Waals surface area contributed by atoms with Crippen LogP contribution in [0.5, 0.6) is 0 Å². The lowest BCUT2D eigenvalue weighted by atomic mass is 10.3. The molecule has 0 atom stereocenters. The summed E-state index contributed by atoms with van der Waals surface area (Å²) >= 11 is 9.18. The number of halogens is 2. The van der Waals surface area contributed by atoms with E-state index in [0.29, 0.717) is 5.56 Å². The fraction of sp³-hybridized carbons (Fsp3) is 0.0833. The third-order valence-electron chi connectivity index (χ3n) is 2.54. The van der Waals surface area contributed by atoms with E-state index in [1.165, 1.54) is 18.3 Å². The molecule has 0 fully saturated rings. The number of hydrogen-bond donors (Lipinski definition) is 2. The molecule has 3 N–H and O–H groups in total. The number of rotatable bonds is 3. The summed E-state index contributed by atoms with van der Waals surface area (Å²) in [5, 5.41) is 0.0623. The minimum atomic E-state index is -3.89. The monoisotopic (exact) mass is 375 g/mol. The van der Waals surface area contributed by atoms with Crippen molar-refractivity contribution in [1.82, 2.24) is 4.98 Å². The van der Waals surface area contributed by atoms with Crippen LogP contribution in [0.4, 0.5) is 11.5 Å². The highest BCUT2D eigenvalue weighted by Gasteiger charge is 2.22. The number of nitrogens with one attached hydrogen (secondary N) is 1. The SMILES string of the molecule is Cc1cc(Br)cnc1NS(=O)(=O)c1c(N)cccc1Cl. The number of nitrogen functional groups attached to an aromatic ring is 1. The Morgan fingerprint density at radius 2 is 2.10 bits per heavy atom. The van der Waals surface area contributed by atoms with Crippen LogP contribution in [0.25, 0.3) is 0 Å². The third kappa shape index (κ3) is 3.05. The average Bonchev–Trinajstić information content (AvgIpc) is 2.32. The van der Waals surface area contributed by atoms with Gasteiger partial charge >= 0.3 is 0 Å². The van der Waals surface area contributed by atoms with Crippen molar-refractivity contribution in [3.63, 3.8) is 0 Å². The molecule has 5 nitrogen and oxygen atoms in total. The molecule has 1 aromatic carbocycles. The second kappa shape index (κ2) is 5.59. The predicted octanol–water partition coefficient (Wildman–Crippen LogP) is 3.19. The Morgan fingerprint density at radius 3 is 2.70 bits per heavy atom. The summed E-state index contributed by atoms with van der Waals surface area (Å²) in [7, 11) is -3.89. The highest BCUT2D eigenvalue weighted by molar-refractivity contribution is 9.10. The molecule has 0 aliphatic carbocycles. The quantitative estimate of drug-likeness (QED) is 0.806. The molecule has 1 heterocycles. The maximum atomic E-state index is 12.4. The molecule has 0 bridgehead atoms. The van der Waals surface area contributed by atoms with Gasteiger partial charge in [-0.3, -0.25) is 4.72 Å². The lowest BCUT2D eigenvalue weighted by molar-refractivity contribution is 0.601. The van der Waals surface area contributed by atoms with Crippen LogP contribution in [-0.2, 0) is 10.0 Å². The van der Waals surface area contributed by atoms with Gasteiger partial charge in [0.15, 0.2) is 0 Å². The van der Waals surface area contributed by atoms with Crippen molar-refractivity contribution in [2.45, 2.75) is 11.8 Å². The first-order chi connectivity index (χ1) is 9.31. The lowest BCUT2D eigenvalue weighted by Crippen LogP contribution is -2.17. The standard InChI is InChI=1S/C12H11BrClN3O2S/c1-7-5-8(13)6-16-12(7)17-20(18,19)11-9(14)3-2-4-10(11)15/h2-6H,15H2,1H3,(H,16,17). The van der Waals surface area contributed by atoms with Crippen molar-refractivity contribution in [2.75, 3.05) is 10.5 Å². The maximum absolute atomic E-state index is 12.4. The molecule has 2 rings (SSSR count). The van der Waals surface area contributed by atoms with E-state index in [1.807, 2.05) is 0 Å². The highest BCUT2D eigenvalue weighted by atomic mass is 79.9. The first-order valence-electron chi connectivity index (χ1n) is 5.50. The van der Waals surface area contributed by atoms with Gasteiger partial charge in [-0.1, -0.05) is 17.7 Å². The van der Waals surface area contributed by atoms with Crippen molar-refractivity contribution >= 4 is 49.1 Å². The van der Waals surface area contributed by atoms with Gasteiger partial charge in [-0.15, -0.1) is 0 Å². The summed E-state index contributed by atoms with van der Waals surface area (Å²) in [6.07, 6.45) is 1.50. The molecule has 0 radical (unpaired) electrons. The van der Waals surface area contributed by atoms with E-state index >= 15 is 0 Å². The first kappa shape index (κ1) is 15.1. The summed E-state index contributed by atoms with van der Waals surface area (Å²) in [6.45, 7) is 1.74. The van der Waals surface area contributed by atoms with Crippen LogP contribution in [-0.4, -0.2) is 13.4 Å². The second-order valence-electron chi connectivity index (χ2n) is 4.08. The summed E-state index contributed by atoms with van der Waals surface area (Å²) in [5.41, 5.74) is 6.45. The summed E-state index contributed by atoms with van der Waals surface area (Å²) < 4.78 is 27.9. The smallest absolute Gasteiger partial charge is 0.266 e. The first-order valence-corrected chi connectivity index (χ1v) is 8.15. The van der Waals surface area contributed by atoms with Crippen LogP contribution in [0, 0.1) is 6.92 Å². The number of benzene rings is 1. The van der Waals surface area contributed by atoms with E-state index in [9.17, 15) is 8.42 Å². The number of anilines is 2. The summed E-state index contributed by atoms with van der Waals surface area (Å²) in [6, 6.07) is 6.28. The van der Waals surface area contributed by atoms with Crippen molar-refractivity contribution in [3.05, 3.63) is 45.5 Å². The minimum Gasteiger partial charge on any atom is -0.398 e. The summed E-state index contributed by atoms with van der Waals surface area (Å²) in [4.78, 5) is 3.88. The van der Waals surface area contributed by atoms with Crippen LogP contribution in [0.15, 0.2) is 39.8 Å². The van der Waals surface area contributed by atoms with E-state index in [4.69, 9.17) is 17.3 Å². The molecule has 106 valence electrons. The average molecular weight is 377 g/mol. The van der Waals surface area contributed by atoms with Gasteiger partial charge in [-0.05, 0) is 46.6 Å². The molecule has 0 saturated heterocycles. The molecule has 0 saturated carbocycles. The van der Waals surface area contributed by atoms with Crippen molar-refractivity contribution in [2.24, 2.45) is 0 Å². The van der Waals surface area contributed by atoms with Crippen LogP contribution in [0.1, 0.15) is 5.56 Å². The largest absolute Gasteiger partial charge is 0.398 e. The van der Waals surface area contributed by atoms with Crippen molar-refractivity contribution < 1.29 is 8.42 Å². The van der Waals surface area contributed by atoms with Crippen molar-refractivity contribution in [1.29, 1.82) is 0 Å². The van der Waals surface area contributed by atoms with Gasteiger partial charge in [0.2, 0.25) is 0 Å². The highest BCUT2D eigenvalue weighted by Crippen LogP contribution is 2.29. The van der Waals surface area contributed by atoms with E-state index in [1.54, 1.807) is 19.1 Å². The zero-order valence-electron chi connectivity index (χ0n) is 10.4. The van der Waals surface area contributed by atoms with Crippen LogP contribution < -0.4 is 10.5 Å². The number of hydrogen-bond acceptors (Lipinski definition) is 4. The molecular formula is C12H11BrClN3O2S. The Labute approximate surface area is 130 Å². The Kier molecular flexibility index (Phi) is 4.22. The van der Waals surface area contributed by atoms with E-state index < -0.39 is 10.0 Å². The Bertz CT molecular complexity index is 745. The van der Waals surface area contributed by atoms with E-state index in [0.717, 1.165) is 4.47 Å². The molecule has 0 spiro atoms. The molecule has 2 aromatic rings. The van der Waals surface area contributed by atoms with Gasteiger partial charge in [0.25, 0.3) is 10.0 Å². The zero-order valence-corrected chi connectivity index (χ0v) is 13.6. The topological polar surface area (TPSA) is 85.1 Å². The third-order valence-corrected chi connectivity index (χ3v) is 4.86. The lowest BCUT2D eigenvalue weighted by Gasteiger charge is -2.12. The van der Waals surface area contributed by atoms with Crippen LogP contribution in [0.2, 0.25) is 5.02 Å². The molecule has 8 heteroatoms. The van der Waals surface area contributed by atoms with Crippen molar-refractivity contribution in [3.8, 4) is 0 Å². The number of nitrogens with two attached hydrogens (primary N) is 1. The summed E-state index contributed by atoms with van der Waals surface area (Å²) in [5.74, 6) is 0.229. The Hall–Kier alpha value is -1.31. The zero-order chi connectivity index (χ0) is 14.9. The molecule has 1 aromatic heterocycles. The molecule has 0 aliphatic heterocycles. The van der Waals surface area contributed by atoms with Gasteiger partial charge in [0.05, 0.1) is 10.7 Å². The van der Waals surface area contributed by atoms with Gasteiger partial charge in [0.1, 0.15) is 10.7 Å². The van der Waals surface area contributed by atoms with Gasteiger partial charge in [-0.25, -0.2) is 13.4 Å². The van der Waals surface area contributed by atoms with Gasteiger partial charge < -0.3 is 5.73 Å². The fourth-order valence-electron chi connectivity index (χ4n) is 1.63. The predicted molar refractivity (Wildman–Crippen MR) is 83.3 cm³/mol. The maximum Gasteiger partial charge on any atom is 0.266 e. The molecule has 0 amide bonds. The molecule has 0 aliphatic rings. The minimum absolute atomic E-state index is 0.0623. The number of aromatic nitrogens is 1. The molecular weight excluding hydrogens is 366 g/mol. The van der Waals surface area contributed by atoms with E-state index in [2.05, 4.69) is 25.6 Å². The number of aryl methyl sites for hydroxylation is 1. The molecule has 0 unspecified atom stereocenters. The van der Waals surface area contributed by atoms with Crippen LogP contribution in [0.3, 0.4) is 0 Å². The van der Waals surface area contributed by atoms with Gasteiger partial charge in [0, 0.05) is 10.7 Å². The number of sulfonamides is 1. The number of nitrogens with zero attached hydrogens (tertiary/aromatic N) is 1. The second-order valence-corrected chi connectivity index (χ2v) is 7.02. The number of pyridine rings is 1.